The average Bonchev–Trinajstić information content (AvgIpc) is 2.73. The van der Waals surface area contributed by atoms with Crippen molar-refractivity contribution in [2.24, 2.45) is 17.3 Å². The van der Waals surface area contributed by atoms with E-state index in [0.717, 1.165) is 17.3 Å². The SMILES string of the molecule is CCC(C)CCC1CC12CCC2. The van der Waals surface area contributed by atoms with E-state index in [0.29, 0.717) is 0 Å². The Kier molecular flexibility index (Phi) is 2.18. The van der Waals surface area contributed by atoms with Crippen LogP contribution in [0.25, 0.3) is 0 Å². The van der Waals surface area contributed by atoms with Crippen molar-refractivity contribution < 1.29 is 0 Å². The van der Waals surface area contributed by atoms with Gasteiger partial charge in [-0.15, -0.1) is 0 Å². The highest BCUT2D eigenvalue weighted by molar-refractivity contribution is 5.06. The Bertz CT molecular complexity index is 155. The van der Waals surface area contributed by atoms with Crippen LogP contribution in [-0.4, -0.2) is 0 Å². The molecule has 2 atom stereocenters. The Morgan fingerprint density at radius 3 is 2.58 bits per heavy atom. The quantitative estimate of drug-likeness (QED) is 0.592. The molecular weight excluding hydrogens is 144 g/mol. The van der Waals surface area contributed by atoms with Crippen LogP contribution in [0.3, 0.4) is 0 Å². The molecule has 70 valence electrons. The molecule has 2 unspecified atom stereocenters. The zero-order valence-corrected chi connectivity index (χ0v) is 8.60. The Labute approximate surface area is 76.7 Å². The third kappa shape index (κ3) is 1.41. The van der Waals surface area contributed by atoms with Gasteiger partial charge in [0.1, 0.15) is 0 Å². The smallest absolute Gasteiger partial charge is 0.0266 e. The van der Waals surface area contributed by atoms with Gasteiger partial charge >= 0.3 is 0 Å². The minimum atomic E-state index is 0.924. The Morgan fingerprint density at radius 2 is 2.17 bits per heavy atom. The number of hydrogen-bond acceptors (Lipinski definition) is 0. The van der Waals surface area contributed by atoms with E-state index in [1.807, 2.05) is 0 Å². The van der Waals surface area contributed by atoms with Crippen molar-refractivity contribution in [3.05, 3.63) is 0 Å². The Morgan fingerprint density at radius 1 is 1.42 bits per heavy atom. The van der Waals surface area contributed by atoms with E-state index in [9.17, 15) is 0 Å². The van der Waals surface area contributed by atoms with Crippen LogP contribution >= 0.6 is 0 Å². The molecule has 0 aromatic rings. The van der Waals surface area contributed by atoms with Crippen molar-refractivity contribution in [1.29, 1.82) is 0 Å². The summed E-state index contributed by atoms with van der Waals surface area (Å²) in [6, 6.07) is 0. The lowest BCUT2D eigenvalue weighted by Gasteiger charge is -2.27. The van der Waals surface area contributed by atoms with Crippen LogP contribution in [0.1, 0.15) is 58.8 Å². The lowest BCUT2D eigenvalue weighted by molar-refractivity contribution is 0.248. The Balaban J connectivity index is 1.63. The van der Waals surface area contributed by atoms with Gasteiger partial charge in [-0.3, -0.25) is 0 Å². The number of hydrogen-bond donors (Lipinski definition) is 0. The molecule has 1 spiro atoms. The van der Waals surface area contributed by atoms with Crippen LogP contribution in [0.5, 0.6) is 0 Å². The maximum atomic E-state index is 2.40. The highest BCUT2D eigenvalue weighted by Gasteiger charge is 2.56. The molecule has 0 heteroatoms. The standard InChI is InChI=1S/C12H22/c1-3-10(2)5-6-11-9-12(11)7-4-8-12/h10-11H,3-9H2,1-2H3. The molecular formula is C12H22. The molecule has 2 rings (SSSR count). The molecule has 12 heavy (non-hydrogen) atoms. The predicted octanol–water partition coefficient (Wildman–Crippen LogP) is 4.00. The van der Waals surface area contributed by atoms with Gasteiger partial charge in [0.15, 0.2) is 0 Å². The fourth-order valence-electron chi connectivity index (χ4n) is 2.77. The fraction of sp³-hybridized carbons (Fsp3) is 1.00. The Hall–Kier alpha value is 0. The molecule has 0 aromatic heterocycles. The van der Waals surface area contributed by atoms with Gasteiger partial charge in [0.2, 0.25) is 0 Å². The minimum Gasteiger partial charge on any atom is -0.0651 e. The lowest BCUT2D eigenvalue weighted by Crippen LogP contribution is -2.14. The average molecular weight is 166 g/mol. The minimum absolute atomic E-state index is 0.924. The van der Waals surface area contributed by atoms with Crippen LogP contribution in [0, 0.1) is 17.3 Å². The summed E-state index contributed by atoms with van der Waals surface area (Å²) < 4.78 is 0. The van der Waals surface area contributed by atoms with Gasteiger partial charge in [-0.25, -0.2) is 0 Å². The molecule has 0 saturated heterocycles. The first-order valence-electron chi connectivity index (χ1n) is 5.77. The maximum Gasteiger partial charge on any atom is -0.0266 e. The summed E-state index contributed by atoms with van der Waals surface area (Å²) in [6.45, 7) is 4.71. The summed E-state index contributed by atoms with van der Waals surface area (Å²) in [5.74, 6) is 2.13. The van der Waals surface area contributed by atoms with E-state index in [4.69, 9.17) is 0 Å². The van der Waals surface area contributed by atoms with Gasteiger partial charge in [0, 0.05) is 0 Å². The number of rotatable bonds is 4. The normalized spacial score (nSPS) is 33.0. The molecule has 0 nitrogen and oxygen atoms in total. The van der Waals surface area contributed by atoms with Crippen molar-refractivity contribution in [2.45, 2.75) is 58.8 Å². The highest BCUT2D eigenvalue weighted by atomic mass is 14.6. The van der Waals surface area contributed by atoms with E-state index in [1.165, 1.54) is 25.7 Å². The molecule has 0 bridgehead atoms. The monoisotopic (exact) mass is 166 g/mol. The van der Waals surface area contributed by atoms with Crippen LogP contribution in [0.15, 0.2) is 0 Å². The van der Waals surface area contributed by atoms with Crippen molar-refractivity contribution in [2.75, 3.05) is 0 Å². The van der Waals surface area contributed by atoms with Gasteiger partial charge in [0.05, 0.1) is 0 Å². The summed E-state index contributed by atoms with van der Waals surface area (Å²) in [5, 5.41) is 0. The van der Waals surface area contributed by atoms with Crippen LogP contribution in [0.2, 0.25) is 0 Å². The second-order valence-corrected chi connectivity index (χ2v) is 5.21. The zero-order valence-electron chi connectivity index (χ0n) is 8.60. The van der Waals surface area contributed by atoms with Crippen molar-refractivity contribution in [3.63, 3.8) is 0 Å². The fourth-order valence-corrected chi connectivity index (χ4v) is 2.77. The van der Waals surface area contributed by atoms with Gasteiger partial charge in [0.25, 0.3) is 0 Å². The summed E-state index contributed by atoms with van der Waals surface area (Å²) in [5.41, 5.74) is 0.924. The van der Waals surface area contributed by atoms with Crippen molar-refractivity contribution in [3.8, 4) is 0 Å². The first kappa shape index (κ1) is 8.59. The summed E-state index contributed by atoms with van der Waals surface area (Å²) >= 11 is 0. The first-order valence-corrected chi connectivity index (χ1v) is 5.77. The van der Waals surface area contributed by atoms with Crippen molar-refractivity contribution in [1.82, 2.24) is 0 Å². The largest absolute Gasteiger partial charge is 0.0651 e. The second kappa shape index (κ2) is 3.05. The molecule has 2 aliphatic carbocycles. The molecule has 0 radical (unpaired) electrons. The van der Waals surface area contributed by atoms with Crippen LogP contribution in [-0.2, 0) is 0 Å². The van der Waals surface area contributed by atoms with Gasteiger partial charge in [-0.2, -0.15) is 0 Å². The molecule has 0 aromatic carbocycles. The third-order valence-corrected chi connectivity index (χ3v) is 4.41. The van der Waals surface area contributed by atoms with Crippen LogP contribution < -0.4 is 0 Å². The van der Waals surface area contributed by atoms with Crippen molar-refractivity contribution >= 4 is 0 Å². The van der Waals surface area contributed by atoms with E-state index >= 15 is 0 Å². The van der Waals surface area contributed by atoms with Gasteiger partial charge in [-0.05, 0) is 42.9 Å². The van der Waals surface area contributed by atoms with E-state index < -0.39 is 0 Å². The molecule has 0 heterocycles. The maximum absolute atomic E-state index is 2.40. The topological polar surface area (TPSA) is 0 Å². The lowest BCUT2D eigenvalue weighted by atomic mass is 9.79. The van der Waals surface area contributed by atoms with E-state index in [2.05, 4.69) is 13.8 Å². The molecule has 2 fully saturated rings. The third-order valence-electron chi connectivity index (χ3n) is 4.41. The molecule has 0 aliphatic heterocycles. The van der Waals surface area contributed by atoms with E-state index in [1.54, 1.807) is 19.3 Å². The first-order chi connectivity index (χ1) is 5.77. The molecule has 0 N–H and O–H groups in total. The summed E-state index contributed by atoms with van der Waals surface area (Å²) in [6.07, 6.45) is 10.7. The van der Waals surface area contributed by atoms with Gasteiger partial charge < -0.3 is 0 Å². The molecule has 2 saturated carbocycles. The summed E-state index contributed by atoms with van der Waals surface area (Å²) in [7, 11) is 0. The molecule has 0 amide bonds. The molecule has 2 aliphatic rings. The van der Waals surface area contributed by atoms with Gasteiger partial charge in [-0.1, -0.05) is 33.1 Å². The second-order valence-electron chi connectivity index (χ2n) is 5.21. The highest BCUT2D eigenvalue weighted by Crippen LogP contribution is 2.67. The predicted molar refractivity (Wildman–Crippen MR) is 53.1 cm³/mol. The summed E-state index contributed by atoms with van der Waals surface area (Å²) in [4.78, 5) is 0. The zero-order chi connectivity index (χ0) is 8.60. The van der Waals surface area contributed by atoms with Crippen LogP contribution in [0.4, 0.5) is 0 Å². The van der Waals surface area contributed by atoms with E-state index in [-0.39, 0.29) is 0 Å².